The number of sulfonamides is 1. The highest BCUT2D eigenvalue weighted by Gasteiger charge is 2.41. The molecule has 6 heteroatoms. The van der Waals surface area contributed by atoms with E-state index in [0.717, 1.165) is 16.5 Å². The summed E-state index contributed by atoms with van der Waals surface area (Å²) in [5.74, 6) is 0. The molecule has 1 aliphatic heterocycles. The van der Waals surface area contributed by atoms with Gasteiger partial charge in [-0.05, 0) is 30.2 Å². The van der Waals surface area contributed by atoms with E-state index in [4.69, 9.17) is 0 Å². The maximum Gasteiger partial charge on any atom is 0.243 e. The van der Waals surface area contributed by atoms with Crippen molar-refractivity contribution in [1.82, 2.24) is 9.29 Å². The lowest BCUT2D eigenvalue weighted by Crippen LogP contribution is -2.46. The van der Waals surface area contributed by atoms with Gasteiger partial charge < -0.3 is 10.1 Å². The molecule has 0 bridgehead atoms. The Kier molecular flexibility index (Phi) is 3.49. The van der Waals surface area contributed by atoms with Gasteiger partial charge in [-0.15, -0.1) is 0 Å². The lowest BCUT2D eigenvalue weighted by molar-refractivity contribution is 0.0893. The molecular weight excluding hydrogens is 324 g/mol. The summed E-state index contributed by atoms with van der Waals surface area (Å²) >= 11 is 0. The van der Waals surface area contributed by atoms with Gasteiger partial charge in [0.1, 0.15) is 0 Å². The van der Waals surface area contributed by atoms with Gasteiger partial charge >= 0.3 is 0 Å². The lowest BCUT2D eigenvalue weighted by Gasteiger charge is -2.37. The molecule has 0 saturated carbocycles. The number of H-pyrrole nitrogens is 1. The Balaban J connectivity index is 1.80. The number of rotatable bonds is 2. The zero-order valence-electron chi connectivity index (χ0n) is 13.2. The van der Waals surface area contributed by atoms with Crippen molar-refractivity contribution in [3.8, 4) is 0 Å². The Hall–Kier alpha value is -2.15. The van der Waals surface area contributed by atoms with Crippen molar-refractivity contribution < 1.29 is 13.5 Å². The van der Waals surface area contributed by atoms with E-state index < -0.39 is 22.2 Å². The normalized spacial score (nSPS) is 23.2. The van der Waals surface area contributed by atoms with E-state index >= 15 is 0 Å². The monoisotopic (exact) mass is 342 g/mol. The Morgan fingerprint density at radius 1 is 1.12 bits per heavy atom. The van der Waals surface area contributed by atoms with E-state index in [0.29, 0.717) is 12.0 Å². The number of benzene rings is 2. The minimum Gasteiger partial charge on any atom is -0.387 e. The van der Waals surface area contributed by atoms with Crippen molar-refractivity contribution in [2.24, 2.45) is 0 Å². The van der Waals surface area contributed by atoms with Crippen LogP contribution >= 0.6 is 0 Å². The minimum atomic E-state index is -3.60. The fourth-order valence-corrected chi connectivity index (χ4v) is 5.09. The number of aliphatic hydroxyl groups is 1. The first-order valence-electron chi connectivity index (χ1n) is 7.80. The van der Waals surface area contributed by atoms with E-state index in [9.17, 15) is 13.5 Å². The maximum atomic E-state index is 12.8. The molecule has 5 nitrogen and oxygen atoms in total. The molecule has 0 amide bonds. The molecule has 0 fully saturated rings. The predicted octanol–water partition coefficient (Wildman–Crippen LogP) is 2.45. The molecule has 2 atom stereocenters. The van der Waals surface area contributed by atoms with Crippen molar-refractivity contribution in [3.05, 3.63) is 65.9 Å². The second-order valence-corrected chi connectivity index (χ2v) is 8.10. The third-order valence-electron chi connectivity index (χ3n) is 4.84. The van der Waals surface area contributed by atoms with Crippen LogP contribution in [0.25, 0.3) is 10.9 Å². The highest BCUT2D eigenvalue weighted by atomic mass is 32.2. The summed E-state index contributed by atoms with van der Waals surface area (Å²) in [5, 5.41) is 11.8. The Morgan fingerprint density at radius 3 is 2.75 bits per heavy atom. The summed E-state index contributed by atoms with van der Waals surface area (Å²) in [6, 6.07) is 14.0. The summed E-state index contributed by atoms with van der Waals surface area (Å²) in [6.45, 7) is 0. The SMILES string of the molecule is CN1[C@@H](Cc2cccc3[nH]ccc23)[C@@H](O)c2ccccc2S1(=O)=O. The number of aliphatic hydroxyl groups excluding tert-OH is 1. The first kappa shape index (κ1) is 15.4. The van der Waals surface area contributed by atoms with Gasteiger partial charge in [0.05, 0.1) is 17.0 Å². The van der Waals surface area contributed by atoms with Gasteiger partial charge in [0.2, 0.25) is 10.0 Å². The van der Waals surface area contributed by atoms with Crippen molar-refractivity contribution in [2.75, 3.05) is 7.05 Å². The fourth-order valence-electron chi connectivity index (χ4n) is 3.49. The van der Waals surface area contributed by atoms with Crippen LogP contribution in [0.1, 0.15) is 17.2 Å². The molecule has 2 heterocycles. The molecule has 0 radical (unpaired) electrons. The standard InChI is InChI=1S/C18H18N2O3S/c1-20-16(11-12-5-4-7-15-13(12)9-10-19-15)18(21)14-6-2-3-8-17(14)24(20,22)23/h2-10,16,18-19,21H,11H2,1H3/t16-,18-/m0/s1. The highest BCUT2D eigenvalue weighted by molar-refractivity contribution is 7.89. The zero-order valence-corrected chi connectivity index (χ0v) is 14.0. The molecule has 0 aliphatic carbocycles. The third-order valence-corrected chi connectivity index (χ3v) is 6.80. The Bertz CT molecular complexity index is 1010. The average Bonchev–Trinajstić information content (AvgIpc) is 3.07. The first-order valence-corrected chi connectivity index (χ1v) is 9.24. The van der Waals surface area contributed by atoms with Crippen LogP contribution in [0.4, 0.5) is 0 Å². The maximum absolute atomic E-state index is 12.8. The zero-order chi connectivity index (χ0) is 16.9. The number of hydrogen-bond acceptors (Lipinski definition) is 3. The minimum absolute atomic E-state index is 0.191. The highest BCUT2D eigenvalue weighted by Crippen LogP contribution is 2.37. The van der Waals surface area contributed by atoms with E-state index in [1.54, 1.807) is 24.3 Å². The second kappa shape index (κ2) is 5.44. The molecule has 2 N–H and O–H groups in total. The van der Waals surface area contributed by atoms with Crippen LogP contribution in [0.3, 0.4) is 0 Å². The topological polar surface area (TPSA) is 73.4 Å². The molecule has 0 unspecified atom stereocenters. The van der Waals surface area contributed by atoms with Crippen LogP contribution in [0, 0.1) is 0 Å². The van der Waals surface area contributed by atoms with Crippen molar-refractivity contribution in [2.45, 2.75) is 23.5 Å². The van der Waals surface area contributed by atoms with Crippen molar-refractivity contribution in [3.63, 3.8) is 0 Å². The number of aromatic amines is 1. The molecule has 124 valence electrons. The number of hydrogen-bond donors (Lipinski definition) is 2. The molecule has 1 aliphatic rings. The van der Waals surface area contributed by atoms with Gasteiger partial charge in [-0.1, -0.05) is 30.3 Å². The van der Waals surface area contributed by atoms with Crippen LogP contribution in [-0.4, -0.2) is 35.9 Å². The fraction of sp³-hybridized carbons (Fsp3) is 0.222. The van der Waals surface area contributed by atoms with Crippen molar-refractivity contribution >= 4 is 20.9 Å². The molecule has 1 aromatic heterocycles. The van der Waals surface area contributed by atoms with Gasteiger partial charge in [-0.3, -0.25) is 0 Å². The summed E-state index contributed by atoms with van der Waals surface area (Å²) in [5.41, 5.74) is 2.49. The number of nitrogens with one attached hydrogen (secondary N) is 1. The molecule has 4 rings (SSSR count). The lowest BCUT2D eigenvalue weighted by atomic mass is 9.94. The number of fused-ring (bicyclic) bond motifs is 2. The quantitative estimate of drug-likeness (QED) is 0.751. The van der Waals surface area contributed by atoms with Gasteiger partial charge in [0.15, 0.2) is 0 Å². The van der Waals surface area contributed by atoms with Crippen LogP contribution in [0.15, 0.2) is 59.6 Å². The largest absolute Gasteiger partial charge is 0.387 e. The van der Waals surface area contributed by atoms with Gasteiger partial charge in [0.25, 0.3) is 0 Å². The average molecular weight is 342 g/mol. The molecule has 3 aromatic rings. The summed E-state index contributed by atoms with van der Waals surface area (Å²) in [7, 11) is -2.06. The molecule has 0 spiro atoms. The Labute approximate surface area is 140 Å². The summed E-state index contributed by atoms with van der Waals surface area (Å²) < 4.78 is 26.8. The van der Waals surface area contributed by atoms with E-state index in [2.05, 4.69) is 4.98 Å². The van der Waals surface area contributed by atoms with E-state index in [-0.39, 0.29) is 4.90 Å². The van der Waals surface area contributed by atoms with E-state index in [1.165, 1.54) is 11.4 Å². The van der Waals surface area contributed by atoms with E-state index in [1.807, 2.05) is 30.5 Å². The third kappa shape index (κ3) is 2.18. The predicted molar refractivity (Wildman–Crippen MR) is 92.1 cm³/mol. The van der Waals surface area contributed by atoms with Crippen LogP contribution in [-0.2, 0) is 16.4 Å². The van der Waals surface area contributed by atoms with Gasteiger partial charge in [-0.25, -0.2) is 8.42 Å². The van der Waals surface area contributed by atoms with Gasteiger partial charge in [0, 0.05) is 29.7 Å². The summed E-state index contributed by atoms with van der Waals surface area (Å²) in [4.78, 5) is 3.35. The van der Waals surface area contributed by atoms with Crippen LogP contribution in [0.2, 0.25) is 0 Å². The number of nitrogens with zero attached hydrogens (tertiary/aromatic N) is 1. The van der Waals surface area contributed by atoms with Crippen LogP contribution < -0.4 is 0 Å². The molecule has 24 heavy (non-hydrogen) atoms. The number of likely N-dealkylation sites (N-methyl/N-ethyl adjacent to an activating group) is 1. The van der Waals surface area contributed by atoms with Gasteiger partial charge in [-0.2, -0.15) is 4.31 Å². The first-order chi connectivity index (χ1) is 11.5. The summed E-state index contributed by atoms with van der Waals surface area (Å²) in [6.07, 6.45) is 1.45. The molecular formula is C18H18N2O3S. The Morgan fingerprint density at radius 2 is 1.92 bits per heavy atom. The number of aromatic nitrogens is 1. The second-order valence-electron chi connectivity index (χ2n) is 6.13. The van der Waals surface area contributed by atoms with Crippen molar-refractivity contribution in [1.29, 1.82) is 0 Å². The smallest absolute Gasteiger partial charge is 0.243 e. The molecule has 2 aromatic carbocycles. The molecule has 0 saturated heterocycles. The van der Waals surface area contributed by atoms with Crippen LogP contribution in [0.5, 0.6) is 0 Å².